The monoisotopic (exact) mass is 312 g/mol. The van der Waals surface area contributed by atoms with E-state index in [2.05, 4.69) is 16.6 Å². The van der Waals surface area contributed by atoms with Gasteiger partial charge in [-0.05, 0) is 24.6 Å². The van der Waals surface area contributed by atoms with E-state index in [0.717, 1.165) is 18.9 Å². The molecular formula is C14H20N2O4S. The molecule has 0 aliphatic heterocycles. The summed E-state index contributed by atoms with van der Waals surface area (Å²) in [6.45, 7) is 6.18. The Morgan fingerprint density at radius 3 is 2.71 bits per heavy atom. The minimum absolute atomic E-state index is 0.0624. The van der Waals surface area contributed by atoms with E-state index >= 15 is 0 Å². The first-order valence-corrected chi connectivity index (χ1v) is 8.12. The van der Waals surface area contributed by atoms with Crippen molar-refractivity contribution in [2.45, 2.75) is 24.7 Å². The molecule has 0 aliphatic rings. The molecule has 0 amide bonds. The molecular weight excluding hydrogens is 292 g/mol. The Morgan fingerprint density at radius 2 is 2.14 bits per heavy atom. The van der Waals surface area contributed by atoms with E-state index in [4.69, 9.17) is 0 Å². The number of sulfonamides is 1. The van der Waals surface area contributed by atoms with Crippen LogP contribution < -0.4 is 10.0 Å². The van der Waals surface area contributed by atoms with Crippen LogP contribution in [0.5, 0.6) is 0 Å². The molecule has 3 N–H and O–H groups in total. The standard InChI is InChI=1S/C14H20N2O4S/c1-3-5-9-15-13-7-6-11(10-12(13)14(17)18)21(19,20)16-8-4-2/h4,6-7,10,15-16H,2-3,5,8-9H2,1H3,(H,17,18). The molecule has 1 rings (SSSR count). The van der Waals surface area contributed by atoms with E-state index in [1.54, 1.807) is 0 Å². The number of rotatable bonds is 9. The summed E-state index contributed by atoms with van der Waals surface area (Å²) in [4.78, 5) is 11.2. The van der Waals surface area contributed by atoms with Gasteiger partial charge in [-0.25, -0.2) is 17.9 Å². The van der Waals surface area contributed by atoms with Crippen LogP contribution in [0, 0.1) is 0 Å². The quantitative estimate of drug-likeness (QED) is 0.479. The average molecular weight is 312 g/mol. The van der Waals surface area contributed by atoms with Crippen molar-refractivity contribution in [1.82, 2.24) is 4.72 Å². The van der Waals surface area contributed by atoms with Crippen molar-refractivity contribution in [2.75, 3.05) is 18.4 Å². The maximum atomic E-state index is 12.0. The molecule has 0 atom stereocenters. The number of carboxylic acid groups (broad SMARTS) is 1. The van der Waals surface area contributed by atoms with Gasteiger partial charge in [0.25, 0.3) is 0 Å². The van der Waals surface area contributed by atoms with E-state index in [9.17, 15) is 18.3 Å². The lowest BCUT2D eigenvalue weighted by molar-refractivity contribution is 0.0697. The Kier molecular flexibility index (Phi) is 6.39. The number of unbranched alkanes of at least 4 members (excludes halogenated alkanes) is 1. The second kappa shape index (κ2) is 7.80. The summed E-state index contributed by atoms with van der Waals surface area (Å²) in [6, 6.07) is 4.01. The van der Waals surface area contributed by atoms with Gasteiger partial charge in [0.1, 0.15) is 0 Å². The summed E-state index contributed by atoms with van der Waals surface area (Å²) < 4.78 is 26.2. The van der Waals surface area contributed by atoms with Crippen LogP contribution in [0.25, 0.3) is 0 Å². The fourth-order valence-electron chi connectivity index (χ4n) is 1.67. The smallest absolute Gasteiger partial charge is 0.337 e. The predicted octanol–water partition coefficient (Wildman–Crippen LogP) is 2.06. The molecule has 21 heavy (non-hydrogen) atoms. The number of hydrogen-bond acceptors (Lipinski definition) is 4. The van der Waals surface area contributed by atoms with E-state index in [-0.39, 0.29) is 17.0 Å². The number of hydrogen-bond donors (Lipinski definition) is 3. The minimum Gasteiger partial charge on any atom is -0.478 e. The van der Waals surface area contributed by atoms with Crippen LogP contribution in [0.2, 0.25) is 0 Å². The summed E-state index contributed by atoms with van der Waals surface area (Å²) >= 11 is 0. The van der Waals surface area contributed by atoms with Crippen molar-refractivity contribution in [1.29, 1.82) is 0 Å². The molecule has 1 aromatic carbocycles. The zero-order valence-corrected chi connectivity index (χ0v) is 12.7. The molecule has 116 valence electrons. The molecule has 0 saturated heterocycles. The molecule has 7 heteroatoms. The van der Waals surface area contributed by atoms with Crippen LogP contribution in [-0.4, -0.2) is 32.6 Å². The normalized spacial score (nSPS) is 11.1. The second-order valence-corrected chi connectivity index (χ2v) is 6.20. The molecule has 6 nitrogen and oxygen atoms in total. The lowest BCUT2D eigenvalue weighted by atomic mass is 10.1. The van der Waals surface area contributed by atoms with E-state index < -0.39 is 16.0 Å². The molecule has 1 aromatic rings. The largest absolute Gasteiger partial charge is 0.478 e. The van der Waals surface area contributed by atoms with Gasteiger partial charge in [-0.2, -0.15) is 0 Å². The maximum Gasteiger partial charge on any atom is 0.337 e. The lowest BCUT2D eigenvalue weighted by Crippen LogP contribution is -2.24. The maximum absolute atomic E-state index is 12.0. The van der Waals surface area contributed by atoms with Crippen molar-refractivity contribution in [3.8, 4) is 0 Å². The van der Waals surface area contributed by atoms with Crippen molar-refractivity contribution >= 4 is 21.7 Å². The molecule has 0 bridgehead atoms. The summed E-state index contributed by atoms with van der Waals surface area (Å²) in [5.74, 6) is -1.17. The number of carbonyl (C=O) groups is 1. The van der Waals surface area contributed by atoms with Crippen molar-refractivity contribution < 1.29 is 18.3 Å². The van der Waals surface area contributed by atoms with Gasteiger partial charge in [0.05, 0.1) is 10.5 Å². The molecule has 0 radical (unpaired) electrons. The van der Waals surface area contributed by atoms with Crippen molar-refractivity contribution in [2.24, 2.45) is 0 Å². The van der Waals surface area contributed by atoms with Crippen LogP contribution in [0.3, 0.4) is 0 Å². The van der Waals surface area contributed by atoms with Crippen LogP contribution in [-0.2, 0) is 10.0 Å². The summed E-state index contributed by atoms with van der Waals surface area (Å²) in [5, 5.41) is 12.2. The molecule has 0 saturated carbocycles. The zero-order valence-electron chi connectivity index (χ0n) is 11.9. The summed E-state index contributed by atoms with van der Waals surface area (Å²) in [7, 11) is -3.73. The van der Waals surface area contributed by atoms with Gasteiger partial charge in [0.2, 0.25) is 10.0 Å². The van der Waals surface area contributed by atoms with Gasteiger partial charge in [-0.1, -0.05) is 19.4 Å². The highest BCUT2D eigenvalue weighted by Gasteiger charge is 2.18. The van der Waals surface area contributed by atoms with Gasteiger partial charge in [-0.15, -0.1) is 6.58 Å². The zero-order chi connectivity index (χ0) is 15.9. The van der Waals surface area contributed by atoms with Gasteiger partial charge in [0, 0.05) is 18.8 Å². The van der Waals surface area contributed by atoms with Crippen LogP contribution >= 0.6 is 0 Å². The highest BCUT2D eigenvalue weighted by Crippen LogP contribution is 2.20. The second-order valence-electron chi connectivity index (χ2n) is 4.43. The number of nitrogens with one attached hydrogen (secondary N) is 2. The van der Waals surface area contributed by atoms with Crippen LogP contribution in [0.1, 0.15) is 30.1 Å². The molecule has 0 unspecified atom stereocenters. The van der Waals surface area contributed by atoms with E-state index in [0.29, 0.717) is 12.2 Å². The van der Waals surface area contributed by atoms with Gasteiger partial charge < -0.3 is 10.4 Å². The first kappa shape index (κ1) is 17.2. The average Bonchev–Trinajstić information content (AvgIpc) is 2.45. The van der Waals surface area contributed by atoms with Gasteiger partial charge in [-0.3, -0.25) is 0 Å². The number of benzene rings is 1. The van der Waals surface area contributed by atoms with Crippen LogP contribution in [0.4, 0.5) is 5.69 Å². The van der Waals surface area contributed by atoms with Crippen molar-refractivity contribution in [3.05, 3.63) is 36.4 Å². The third-order valence-corrected chi connectivity index (χ3v) is 4.22. The first-order chi connectivity index (χ1) is 9.92. The highest BCUT2D eigenvalue weighted by molar-refractivity contribution is 7.89. The molecule has 0 fully saturated rings. The first-order valence-electron chi connectivity index (χ1n) is 6.64. The lowest BCUT2D eigenvalue weighted by Gasteiger charge is -2.11. The Morgan fingerprint density at radius 1 is 1.43 bits per heavy atom. The highest BCUT2D eigenvalue weighted by atomic mass is 32.2. The fraction of sp³-hybridized carbons (Fsp3) is 0.357. The predicted molar refractivity (Wildman–Crippen MR) is 82.2 cm³/mol. The molecule has 0 aromatic heterocycles. The summed E-state index contributed by atoms with van der Waals surface area (Å²) in [5.41, 5.74) is 0.353. The number of anilines is 1. The van der Waals surface area contributed by atoms with Gasteiger partial charge in [0.15, 0.2) is 0 Å². The molecule has 0 heterocycles. The van der Waals surface area contributed by atoms with E-state index in [1.165, 1.54) is 18.2 Å². The Bertz CT molecular complexity index is 611. The third-order valence-electron chi connectivity index (χ3n) is 2.80. The SMILES string of the molecule is C=CCNS(=O)(=O)c1ccc(NCCCC)c(C(=O)O)c1. The Labute approximate surface area is 124 Å². The fourth-order valence-corrected chi connectivity index (χ4v) is 2.70. The van der Waals surface area contributed by atoms with E-state index in [1.807, 2.05) is 6.92 Å². The number of aromatic carboxylic acids is 1. The molecule has 0 spiro atoms. The molecule has 0 aliphatic carbocycles. The van der Waals surface area contributed by atoms with Gasteiger partial charge >= 0.3 is 5.97 Å². The topological polar surface area (TPSA) is 95.5 Å². The summed E-state index contributed by atoms with van der Waals surface area (Å²) in [6.07, 6.45) is 3.30. The number of carboxylic acids is 1. The minimum atomic E-state index is -3.73. The van der Waals surface area contributed by atoms with Crippen LogP contribution in [0.15, 0.2) is 35.7 Å². The van der Waals surface area contributed by atoms with Crippen molar-refractivity contribution in [3.63, 3.8) is 0 Å². The Balaban J connectivity index is 3.08. The third kappa shape index (κ3) is 4.87. The Hall–Kier alpha value is -1.86.